The molecule has 0 aromatic heterocycles. The van der Waals surface area contributed by atoms with E-state index < -0.39 is 0 Å². The Hall–Kier alpha value is -1.26. The fourth-order valence-electron chi connectivity index (χ4n) is 2.00. The van der Waals surface area contributed by atoms with E-state index in [4.69, 9.17) is 9.47 Å². The predicted octanol–water partition coefficient (Wildman–Crippen LogP) is 2.67. The van der Waals surface area contributed by atoms with Gasteiger partial charge < -0.3 is 19.7 Å². The van der Waals surface area contributed by atoms with Gasteiger partial charge >= 0.3 is 0 Å². The van der Waals surface area contributed by atoms with Gasteiger partial charge in [-0.3, -0.25) is 0 Å². The van der Waals surface area contributed by atoms with E-state index >= 15 is 0 Å². The molecule has 0 amide bonds. The van der Waals surface area contributed by atoms with Crippen LogP contribution >= 0.6 is 0 Å². The molecule has 0 atom stereocenters. The van der Waals surface area contributed by atoms with Crippen LogP contribution < -0.4 is 14.8 Å². The van der Waals surface area contributed by atoms with Crippen molar-refractivity contribution in [1.82, 2.24) is 10.2 Å². The Kier molecular flexibility index (Phi) is 6.33. The van der Waals surface area contributed by atoms with E-state index in [0.29, 0.717) is 12.6 Å². The van der Waals surface area contributed by atoms with Crippen molar-refractivity contribution >= 4 is 0 Å². The lowest BCUT2D eigenvalue weighted by Crippen LogP contribution is -2.20. The number of hydrogen-bond acceptors (Lipinski definition) is 4. The van der Waals surface area contributed by atoms with Gasteiger partial charge in [-0.25, -0.2) is 0 Å². The number of ether oxygens (including phenoxy) is 2. The molecule has 4 heteroatoms. The van der Waals surface area contributed by atoms with Crippen molar-refractivity contribution in [3.8, 4) is 11.5 Å². The van der Waals surface area contributed by atoms with Gasteiger partial charge in [0.25, 0.3) is 0 Å². The normalized spacial score (nSPS) is 14.5. The molecule has 1 aromatic rings. The molecule has 0 unspecified atom stereocenters. The van der Waals surface area contributed by atoms with Gasteiger partial charge in [-0.2, -0.15) is 0 Å². The molecule has 0 bridgehead atoms. The van der Waals surface area contributed by atoms with E-state index in [1.807, 2.05) is 12.1 Å². The Balaban J connectivity index is 1.97. The van der Waals surface area contributed by atoms with Crippen LogP contribution in [0.15, 0.2) is 18.2 Å². The van der Waals surface area contributed by atoms with Crippen LogP contribution in [0.5, 0.6) is 11.5 Å². The maximum absolute atomic E-state index is 5.96. The summed E-state index contributed by atoms with van der Waals surface area (Å²) in [6.07, 6.45) is 3.62. The van der Waals surface area contributed by atoms with Gasteiger partial charge in [-0.15, -0.1) is 0 Å². The molecule has 118 valence electrons. The Morgan fingerprint density at radius 2 is 2.00 bits per heavy atom. The summed E-state index contributed by atoms with van der Waals surface area (Å²) in [5.74, 6) is 1.84. The highest BCUT2D eigenvalue weighted by Crippen LogP contribution is 2.27. The smallest absolute Gasteiger partial charge is 0.127 e. The van der Waals surface area contributed by atoms with E-state index in [1.54, 1.807) is 0 Å². The number of likely N-dealkylation sites (N-methyl/N-ethyl adjacent to an activating group) is 1. The summed E-state index contributed by atoms with van der Waals surface area (Å²) in [6.45, 7) is 5.34. The molecule has 0 radical (unpaired) electrons. The number of nitrogens with one attached hydrogen (secondary N) is 1. The van der Waals surface area contributed by atoms with E-state index in [9.17, 15) is 0 Å². The van der Waals surface area contributed by atoms with Crippen molar-refractivity contribution in [2.24, 2.45) is 0 Å². The van der Waals surface area contributed by atoms with Crippen molar-refractivity contribution < 1.29 is 9.47 Å². The lowest BCUT2D eigenvalue weighted by atomic mass is 10.2. The standard InChI is InChI=1S/C17H28N2O2/c1-4-10-20-16-8-5-14(13-18-15-6-7-15)17(12-16)21-11-9-19(2)3/h5,8,12,15,18H,4,6-7,9-11,13H2,1-3H3. The highest BCUT2D eigenvalue weighted by molar-refractivity contribution is 5.40. The van der Waals surface area contributed by atoms with E-state index in [1.165, 1.54) is 18.4 Å². The number of hydrogen-bond donors (Lipinski definition) is 1. The third-order valence-corrected chi connectivity index (χ3v) is 3.47. The number of rotatable bonds is 10. The molecule has 0 spiro atoms. The Labute approximate surface area is 128 Å². The van der Waals surface area contributed by atoms with Crippen LogP contribution in [0.1, 0.15) is 31.7 Å². The maximum Gasteiger partial charge on any atom is 0.127 e. The molecule has 0 heterocycles. The zero-order chi connectivity index (χ0) is 15.1. The molecule has 4 nitrogen and oxygen atoms in total. The molecule has 0 aliphatic heterocycles. The molecule has 2 rings (SSSR count). The maximum atomic E-state index is 5.96. The minimum absolute atomic E-state index is 0.695. The fraction of sp³-hybridized carbons (Fsp3) is 0.647. The SMILES string of the molecule is CCCOc1ccc(CNC2CC2)c(OCCN(C)C)c1. The zero-order valence-electron chi connectivity index (χ0n) is 13.5. The van der Waals surface area contributed by atoms with Gasteiger partial charge in [-0.05, 0) is 39.4 Å². The van der Waals surface area contributed by atoms with Crippen molar-refractivity contribution in [3.63, 3.8) is 0 Å². The van der Waals surface area contributed by atoms with Crippen molar-refractivity contribution in [2.45, 2.75) is 38.8 Å². The highest BCUT2D eigenvalue weighted by atomic mass is 16.5. The van der Waals surface area contributed by atoms with Crippen LogP contribution in [-0.4, -0.2) is 44.8 Å². The molecule has 1 aliphatic rings. The fourth-order valence-corrected chi connectivity index (χ4v) is 2.00. The largest absolute Gasteiger partial charge is 0.493 e. The van der Waals surface area contributed by atoms with Gasteiger partial charge in [0.05, 0.1) is 6.61 Å². The van der Waals surface area contributed by atoms with Gasteiger partial charge in [0.2, 0.25) is 0 Å². The lowest BCUT2D eigenvalue weighted by molar-refractivity contribution is 0.256. The van der Waals surface area contributed by atoms with E-state index in [2.05, 4.69) is 37.3 Å². The minimum Gasteiger partial charge on any atom is -0.493 e. The summed E-state index contributed by atoms with van der Waals surface area (Å²) >= 11 is 0. The molecule has 1 N–H and O–H groups in total. The Bertz CT molecular complexity index is 431. The minimum atomic E-state index is 0.695. The lowest BCUT2D eigenvalue weighted by Gasteiger charge is -2.16. The summed E-state index contributed by atoms with van der Waals surface area (Å²) in [4.78, 5) is 2.12. The topological polar surface area (TPSA) is 33.7 Å². The molecule has 1 saturated carbocycles. The monoisotopic (exact) mass is 292 g/mol. The third-order valence-electron chi connectivity index (χ3n) is 3.47. The first-order chi connectivity index (χ1) is 10.2. The van der Waals surface area contributed by atoms with Crippen molar-refractivity contribution in [2.75, 3.05) is 33.9 Å². The summed E-state index contributed by atoms with van der Waals surface area (Å²) in [5, 5.41) is 3.54. The van der Waals surface area contributed by atoms with E-state index in [-0.39, 0.29) is 0 Å². The molecular weight excluding hydrogens is 264 g/mol. The molecule has 21 heavy (non-hydrogen) atoms. The highest BCUT2D eigenvalue weighted by Gasteiger charge is 2.20. The summed E-state index contributed by atoms with van der Waals surface area (Å²) < 4.78 is 11.7. The Morgan fingerprint density at radius 3 is 2.67 bits per heavy atom. The van der Waals surface area contributed by atoms with Gasteiger partial charge in [0, 0.05) is 30.8 Å². The van der Waals surface area contributed by atoms with Crippen LogP contribution in [0.2, 0.25) is 0 Å². The van der Waals surface area contributed by atoms with Crippen molar-refractivity contribution in [3.05, 3.63) is 23.8 Å². The quantitative estimate of drug-likeness (QED) is 0.719. The molecule has 0 saturated heterocycles. The second-order valence-electron chi connectivity index (χ2n) is 5.92. The second-order valence-corrected chi connectivity index (χ2v) is 5.92. The number of benzene rings is 1. The van der Waals surface area contributed by atoms with Gasteiger partial charge in [-0.1, -0.05) is 13.0 Å². The average Bonchev–Trinajstić information content (AvgIpc) is 3.28. The van der Waals surface area contributed by atoms with Crippen LogP contribution in [0, 0.1) is 0 Å². The van der Waals surface area contributed by atoms with Gasteiger partial charge in [0.1, 0.15) is 18.1 Å². The number of nitrogens with zero attached hydrogens (tertiary/aromatic N) is 1. The first-order valence-electron chi connectivity index (χ1n) is 7.95. The van der Waals surface area contributed by atoms with Crippen LogP contribution in [0.3, 0.4) is 0 Å². The summed E-state index contributed by atoms with van der Waals surface area (Å²) in [6, 6.07) is 6.88. The molecule has 1 aromatic carbocycles. The zero-order valence-corrected chi connectivity index (χ0v) is 13.5. The van der Waals surface area contributed by atoms with Crippen molar-refractivity contribution in [1.29, 1.82) is 0 Å². The van der Waals surface area contributed by atoms with E-state index in [0.717, 1.165) is 37.6 Å². The first kappa shape index (κ1) is 16.1. The van der Waals surface area contributed by atoms with Crippen LogP contribution in [-0.2, 0) is 6.54 Å². The first-order valence-corrected chi connectivity index (χ1v) is 7.95. The second kappa shape index (κ2) is 8.25. The molecule has 1 aliphatic carbocycles. The average molecular weight is 292 g/mol. The molecular formula is C17H28N2O2. The summed E-state index contributed by atoms with van der Waals surface area (Å²) in [5.41, 5.74) is 1.21. The third kappa shape index (κ3) is 5.94. The summed E-state index contributed by atoms with van der Waals surface area (Å²) in [7, 11) is 4.11. The van der Waals surface area contributed by atoms with Crippen LogP contribution in [0.4, 0.5) is 0 Å². The Morgan fingerprint density at radius 1 is 1.19 bits per heavy atom. The molecule has 1 fully saturated rings. The predicted molar refractivity (Wildman–Crippen MR) is 86.1 cm³/mol. The van der Waals surface area contributed by atoms with Crippen LogP contribution in [0.25, 0.3) is 0 Å². The van der Waals surface area contributed by atoms with Gasteiger partial charge in [0.15, 0.2) is 0 Å².